The van der Waals surface area contributed by atoms with Crippen LogP contribution in [0.3, 0.4) is 0 Å². The Bertz CT molecular complexity index is 372. The van der Waals surface area contributed by atoms with E-state index in [9.17, 15) is 0 Å². The molecule has 0 aliphatic heterocycles. The van der Waals surface area contributed by atoms with Crippen LogP contribution in [0.5, 0.6) is 0 Å². The third kappa shape index (κ3) is 4.28. The molecule has 0 fully saturated rings. The van der Waals surface area contributed by atoms with Crippen molar-refractivity contribution in [2.45, 2.75) is 60.3 Å². The van der Waals surface area contributed by atoms with Crippen molar-refractivity contribution in [3.8, 4) is 0 Å². The number of nitrogens with one attached hydrogen (secondary N) is 1. The van der Waals surface area contributed by atoms with E-state index in [4.69, 9.17) is 4.98 Å². The van der Waals surface area contributed by atoms with Gasteiger partial charge in [0, 0.05) is 24.2 Å². The quantitative estimate of drug-likeness (QED) is 0.799. The van der Waals surface area contributed by atoms with Crippen LogP contribution in [0.2, 0.25) is 0 Å². The Morgan fingerprint density at radius 2 is 1.89 bits per heavy atom. The number of nitrogens with zero attached hydrogens (tertiary/aromatic N) is 2. The maximum Gasteiger partial charge on any atom is 0.133 e. The number of anilines is 1. The van der Waals surface area contributed by atoms with E-state index in [-0.39, 0.29) is 0 Å². The predicted molar refractivity (Wildman–Crippen MR) is 78.1 cm³/mol. The zero-order chi connectivity index (χ0) is 13.5. The van der Waals surface area contributed by atoms with Gasteiger partial charge < -0.3 is 5.32 Å². The Morgan fingerprint density at radius 3 is 2.44 bits per heavy atom. The van der Waals surface area contributed by atoms with Gasteiger partial charge in [0.25, 0.3) is 0 Å². The van der Waals surface area contributed by atoms with Gasteiger partial charge in [-0.15, -0.1) is 0 Å². The average molecular weight is 249 g/mol. The Kier molecular flexibility index (Phi) is 6.10. The summed E-state index contributed by atoms with van der Waals surface area (Å²) in [5, 5.41) is 3.43. The molecule has 1 rings (SSSR count). The molecule has 3 nitrogen and oxygen atoms in total. The van der Waals surface area contributed by atoms with Gasteiger partial charge >= 0.3 is 0 Å². The van der Waals surface area contributed by atoms with Gasteiger partial charge in [-0.25, -0.2) is 9.97 Å². The van der Waals surface area contributed by atoms with Gasteiger partial charge in [-0.05, 0) is 32.1 Å². The molecule has 0 atom stereocenters. The zero-order valence-electron chi connectivity index (χ0n) is 12.5. The van der Waals surface area contributed by atoms with E-state index in [2.05, 4.69) is 44.9 Å². The van der Waals surface area contributed by atoms with Crippen molar-refractivity contribution in [3.05, 3.63) is 17.1 Å². The Balaban J connectivity index is 2.90. The molecular formula is C15H27N3. The Hall–Kier alpha value is -1.12. The molecule has 0 bridgehead atoms. The number of hydrogen-bond acceptors (Lipinski definition) is 3. The highest BCUT2D eigenvalue weighted by molar-refractivity contribution is 5.46. The molecule has 1 heterocycles. The molecule has 0 amide bonds. The minimum Gasteiger partial charge on any atom is -0.370 e. The summed E-state index contributed by atoms with van der Waals surface area (Å²) in [7, 11) is 0. The minimum absolute atomic E-state index is 0.701. The lowest BCUT2D eigenvalue weighted by molar-refractivity contribution is 0.573. The molecule has 0 saturated carbocycles. The van der Waals surface area contributed by atoms with Crippen molar-refractivity contribution in [1.82, 2.24) is 9.97 Å². The molecule has 0 radical (unpaired) electrons. The Labute approximate surface area is 111 Å². The summed E-state index contributed by atoms with van der Waals surface area (Å²) >= 11 is 0. The first-order valence-corrected chi connectivity index (χ1v) is 7.18. The fourth-order valence-electron chi connectivity index (χ4n) is 2.00. The summed E-state index contributed by atoms with van der Waals surface area (Å²) < 4.78 is 0. The molecule has 0 aromatic carbocycles. The van der Waals surface area contributed by atoms with E-state index < -0.39 is 0 Å². The van der Waals surface area contributed by atoms with Gasteiger partial charge in [-0.3, -0.25) is 0 Å². The highest BCUT2D eigenvalue weighted by Crippen LogP contribution is 2.18. The van der Waals surface area contributed by atoms with Crippen LogP contribution in [0.15, 0.2) is 0 Å². The molecule has 0 aliphatic rings. The maximum atomic E-state index is 4.69. The standard InChI is InChI=1S/C15H27N3/c1-6-10-16-15-13(7-2)12(5)17-14(18-15)9-8-11(3)4/h11H,6-10H2,1-5H3,(H,16,17,18). The maximum absolute atomic E-state index is 4.69. The summed E-state index contributed by atoms with van der Waals surface area (Å²) in [5.41, 5.74) is 2.39. The second kappa shape index (κ2) is 7.34. The molecule has 1 aromatic heterocycles. The topological polar surface area (TPSA) is 37.8 Å². The number of hydrogen-bond donors (Lipinski definition) is 1. The molecule has 1 N–H and O–H groups in total. The van der Waals surface area contributed by atoms with E-state index >= 15 is 0 Å². The van der Waals surface area contributed by atoms with Crippen LogP contribution in [0.25, 0.3) is 0 Å². The van der Waals surface area contributed by atoms with Crippen LogP contribution in [0.1, 0.15) is 57.6 Å². The van der Waals surface area contributed by atoms with Crippen LogP contribution in [0.4, 0.5) is 5.82 Å². The van der Waals surface area contributed by atoms with Crippen LogP contribution < -0.4 is 5.32 Å². The normalized spacial score (nSPS) is 11.0. The lowest BCUT2D eigenvalue weighted by atomic mass is 10.1. The highest BCUT2D eigenvalue weighted by Gasteiger charge is 2.10. The molecule has 102 valence electrons. The van der Waals surface area contributed by atoms with E-state index in [1.807, 2.05) is 0 Å². The lowest BCUT2D eigenvalue weighted by Gasteiger charge is -2.14. The number of rotatable bonds is 7. The first-order chi connectivity index (χ1) is 8.58. The predicted octanol–water partition coefficient (Wildman–Crippen LogP) is 3.76. The summed E-state index contributed by atoms with van der Waals surface area (Å²) in [4.78, 5) is 9.33. The first kappa shape index (κ1) is 14.9. The fraction of sp³-hybridized carbons (Fsp3) is 0.733. The average Bonchev–Trinajstić information content (AvgIpc) is 2.33. The molecule has 0 spiro atoms. The van der Waals surface area contributed by atoms with E-state index in [0.29, 0.717) is 5.92 Å². The van der Waals surface area contributed by atoms with Gasteiger partial charge in [0.2, 0.25) is 0 Å². The van der Waals surface area contributed by atoms with E-state index in [1.54, 1.807) is 0 Å². The second-order valence-electron chi connectivity index (χ2n) is 5.27. The van der Waals surface area contributed by atoms with Crippen molar-refractivity contribution >= 4 is 5.82 Å². The highest BCUT2D eigenvalue weighted by atomic mass is 15.0. The summed E-state index contributed by atoms with van der Waals surface area (Å²) in [5.74, 6) is 2.73. The van der Waals surface area contributed by atoms with Gasteiger partial charge in [0.15, 0.2) is 0 Å². The molecule has 0 aliphatic carbocycles. The fourth-order valence-corrected chi connectivity index (χ4v) is 2.00. The van der Waals surface area contributed by atoms with Crippen LogP contribution in [-0.4, -0.2) is 16.5 Å². The summed E-state index contributed by atoms with van der Waals surface area (Å²) in [6.45, 7) is 11.9. The van der Waals surface area contributed by atoms with Gasteiger partial charge in [0.1, 0.15) is 11.6 Å². The summed E-state index contributed by atoms with van der Waals surface area (Å²) in [6, 6.07) is 0. The van der Waals surface area contributed by atoms with Crippen LogP contribution in [-0.2, 0) is 12.8 Å². The van der Waals surface area contributed by atoms with E-state index in [0.717, 1.165) is 49.6 Å². The van der Waals surface area contributed by atoms with E-state index in [1.165, 1.54) is 5.56 Å². The first-order valence-electron chi connectivity index (χ1n) is 7.18. The lowest BCUT2D eigenvalue weighted by Crippen LogP contribution is -2.11. The van der Waals surface area contributed by atoms with Gasteiger partial charge in [-0.2, -0.15) is 0 Å². The minimum atomic E-state index is 0.701. The number of aryl methyl sites for hydroxylation is 2. The third-order valence-electron chi connectivity index (χ3n) is 3.10. The van der Waals surface area contributed by atoms with Crippen molar-refractivity contribution in [2.75, 3.05) is 11.9 Å². The largest absolute Gasteiger partial charge is 0.370 e. The Morgan fingerprint density at radius 1 is 1.17 bits per heavy atom. The SMILES string of the molecule is CCCNc1nc(CCC(C)C)nc(C)c1CC. The molecular weight excluding hydrogens is 222 g/mol. The van der Waals surface area contributed by atoms with Gasteiger partial charge in [-0.1, -0.05) is 27.7 Å². The second-order valence-corrected chi connectivity index (χ2v) is 5.27. The monoisotopic (exact) mass is 249 g/mol. The van der Waals surface area contributed by atoms with Crippen molar-refractivity contribution in [3.63, 3.8) is 0 Å². The van der Waals surface area contributed by atoms with Crippen LogP contribution >= 0.6 is 0 Å². The van der Waals surface area contributed by atoms with Crippen molar-refractivity contribution in [2.24, 2.45) is 5.92 Å². The van der Waals surface area contributed by atoms with Crippen molar-refractivity contribution < 1.29 is 0 Å². The third-order valence-corrected chi connectivity index (χ3v) is 3.10. The molecule has 3 heteroatoms. The van der Waals surface area contributed by atoms with Gasteiger partial charge in [0.05, 0.1) is 0 Å². The zero-order valence-corrected chi connectivity index (χ0v) is 12.5. The van der Waals surface area contributed by atoms with Crippen LogP contribution in [0, 0.1) is 12.8 Å². The van der Waals surface area contributed by atoms with Crippen molar-refractivity contribution in [1.29, 1.82) is 0 Å². The molecule has 0 saturated heterocycles. The molecule has 1 aromatic rings. The molecule has 18 heavy (non-hydrogen) atoms. The summed E-state index contributed by atoms with van der Waals surface area (Å²) in [6.07, 6.45) is 4.23. The smallest absolute Gasteiger partial charge is 0.133 e. The number of aromatic nitrogens is 2. The molecule has 0 unspecified atom stereocenters.